The van der Waals surface area contributed by atoms with Crippen LogP contribution < -0.4 is 20.9 Å². The van der Waals surface area contributed by atoms with Crippen molar-refractivity contribution in [3.63, 3.8) is 0 Å². The van der Waals surface area contributed by atoms with Crippen molar-refractivity contribution in [1.82, 2.24) is 14.5 Å². The van der Waals surface area contributed by atoms with Crippen molar-refractivity contribution in [3.05, 3.63) is 71.6 Å². The van der Waals surface area contributed by atoms with E-state index in [1.807, 2.05) is 30.3 Å². The maximum atomic E-state index is 12.0. The molecule has 31 heavy (non-hydrogen) atoms. The number of benzene rings is 2. The van der Waals surface area contributed by atoms with E-state index in [9.17, 15) is 13.2 Å². The van der Waals surface area contributed by atoms with Crippen LogP contribution in [-0.4, -0.2) is 30.7 Å². The predicted molar refractivity (Wildman–Crippen MR) is 119 cm³/mol. The molecule has 0 unspecified atom stereocenters. The molecule has 0 aliphatic carbocycles. The van der Waals surface area contributed by atoms with Gasteiger partial charge in [-0.25, -0.2) is 17.8 Å². The Morgan fingerprint density at radius 1 is 1.13 bits per heavy atom. The molecule has 3 rings (SSSR count). The molecule has 2 aromatic carbocycles. The van der Waals surface area contributed by atoms with E-state index < -0.39 is 15.9 Å². The molecule has 0 aliphatic rings. The standard InChI is InChI=1S/C21H23N5O4S/c1-14(2)31(28,29)24-12-13-26-20(22)18(21(23)27)19(25-26)15-8-10-17(11-9-15)30-16-6-4-3-5-7-16/h3-11,24H,1,12-13,22H2,2H3,(H2,23,27). The maximum Gasteiger partial charge on any atom is 0.254 e. The van der Waals surface area contributed by atoms with Crippen molar-refractivity contribution in [1.29, 1.82) is 0 Å². The zero-order valence-electron chi connectivity index (χ0n) is 16.9. The summed E-state index contributed by atoms with van der Waals surface area (Å²) >= 11 is 0. The number of allylic oxidation sites excluding steroid dienone is 1. The topological polar surface area (TPSA) is 142 Å². The lowest BCUT2D eigenvalue weighted by Crippen LogP contribution is -2.28. The number of hydrogen-bond donors (Lipinski definition) is 3. The number of sulfonamides is 1. The third-order valence-electron chi connectivity index (χ3n) is 4.42. The summed E-state index contributed by atoms with van der Waals surface area (Å²) in [5, 5.41) is 4.37. The summed E-state index contributed by atoms with van der Waals surface area (Å²) < 4.78 is 33.1. The monoisotopic (exact) mass is 441 g/mol. The summed E-state index contributed by atoms with van der Waals surface area (Å²) in [5.74, 6) is 0.628. The van der Waals surface area contributed by atoms with Gasteiger partial charge in [-0.1, -0.05) is 24.8 Å². The Bertz CT molecular complexity index is 1200. The van der Waals surface area contributed by atoms with Gasteiger partial charge in [0.05, 0.1) is 6.54 Å². The minimum absolute atomic E-state index is 0.00253. The van der Waals surface area contributed by atoms with Crippen LogP contribution in [0.2, 0.25) is 0 Å². The molecule has 0 bridgehead atoms. The molecule has 1 amide bonds. The van der Waals surface area contributed by atoms with Crippen LogP contribution in [-0.2, 0) is 16.6 Å². The molecule has 1 heterocycles. The third-order valence-corrected chi connectivity index (χ3v) is 5.92. The molecule has 0 atom stereocenters. The first-order valence-electron chi connectivity index (χ1n) is 9.33. The van der Waals surface area contributed by atoms with Crippen LogP contribution in [0.5, 0.6) is 11.5 Å². The molecule has 1 aromatic heterocycles. The Labute approximate surface area is 180 Å². The summed E-state index contributed by atoms with van der Waals surface area (Å²) in [6, 6.07) is 16.3. The Morgan fingerprint density at radius 2 is 1.74 bits per heavy atom. The Balaban J connectivity index is 1.82. The number of hydrogen-bond acceptors (Lipinski definition) is 6. The summed E-state index contributed by atoms with van der Waals surface area (Å²) in [4.78, 5) is 12.0. The van der Waals surface area contributed by atoms with Crippen LogP contribution in [0, 0.1) is 0 Å². The lowest BCUT2D eigenvalue weighted by atomic mass is 10.1. The van der Waals surface area contributed by atoms with Gasteiger partial charge in [-0.2, -0.15) is 5.10 Å². The molecule has 0 radical (unpaired) electrons. The van der Waals surface area contributed by atoms with Gasteiger partial charge in [-0.15, -0.1) is 0 Å². The number of anilines is 1. The van der Waals surface area contributed by atoms with Crippen LogP contribution in [0.3, 0.4) is 0 Å². The number of nitrogens with zero attached hydrogens (tertiary/aromatic N) is 2. The van der Waals surface area contributed by atoms with Crippen molar-refractivity contribution < 1.29 is 17.9 Å². The first kappa shape index (κ1) is 22.1. The average molecular weight is 442 g/mol. The van der Waals surface area contributed by atoms with Crippen molar-refractivity contribution >= 4 is 21.7 Å². The third kappa shape index (κ3) is 5.11. The molecule has 5 N–H and O–H groups in total. The number of carbonyl (C=O) groups is 1. The van der Waals surface area contributed by atoms with Crippen LogP contribution in [0.15, 0.2) is 66.1 Å². The van der Waals surface area contributed by atoms with E-state index in [2.05, 4.69) is 16.4 Å². The van der Waals surface area contributed by atoms with Gasteiger partial charge < -0.3 is 16.2 Å². The number of ether oxygens (including phenoxy) is 1. The fraction of sp³-hybridized carbons (Fsp3) is 0.143. The zero-order chi connectivity index (χ0) is 22.6. The number of para-hydroxylation sites is 1. The maximum absolute atomic E-state index is 12.0. The fourth-order valence-corrected chi connectivity index (χ4v) is 3.41. The van der Waals surface area contributed by atoms with E-state index in [1.54, 1.807) is 24.3 Å². The van der Waals surface area contributed by atoms with E-state index in [1.165, 1.54) is 11.6 Å². The summed E-state index contributed by atoms with van der Waals surface area (Å²) in [6.45, 7) is 4.92. The SMILES string of the molecule is C=C(C)S(=O)(=O)NCCn1nc(-c2ccc(Oc3ccccc3)cc2)c(C(N)=O)c1N. The predicted octanol–water partition coefficient (Wildman–Crippen LogP) is 2.48. The zero-order valence-corrected chi connectivity index (χ0v) is 17.7. The van der Waals surface area contributed by atoms with Gasteiger partial charge in [0.15, 0.2) is 0 Å². The van der Waals surface area contributed by atoms with Crippen LogP contribution in [0.1, 0.15) is 17.3 Å². The van der Waals surface area contributed by atoms with Gasteiger partial charge >= 0.3 is 0 Å². The Morgan fingerprint density at radius 3 is 2.32 bits per heavy atom. The molecule has 0 fully saturated rings. The first-order valence-corrected chi connectivity index (χ1v) is 10.8. The normalized spacial score (nSPS) is 11.3. The minimum atomic E-state index is -3.62. The van der Waals surface area contributed by atoms with Crippen molar-refractivity contribution in [2.24, 2.45) is 5.73 Å². The van der Waals surface area contributed by atoms with Crippen LogP contribution in [0.4, 0.5) is 5.82 Å². The molecule has 3 aromatic rings. The van der Waals surface area contributed by atoms with Gasteiger partial charge in [0, 0.05) is 17.0 Å². The van der Waals surface area contributed by atoms with Crippen molar-refractivity contribution in [3.8, 4) is 22.8 Å². The lowest BCUT2D eigenvalue weighted by molar-refractivity contribution is 0.100. The quantitative estimate of drug-likeness (QED) is 0.466. The van der Waals surface area contributed by atoms with E-state index in [0.717, 1.165) is 0 Å². The van der Waals surface area contributed by atoms with Gasteiger partial charge in [0.25, 0.3) is 5.91 Å². The van der Waals surface area contributed by atoms with Crippen molar-refractivity contribution in [2.75, 3.05) is 12.3 Å². The second-order valence-corrected chi connectivity index (χ2v) is 8.73. The van der Waals surface area contributed by atoms with Gasteiger partial charge in [0.1, 0.15) is 28.6 Å². The molecule has 9 nitrogen and oxygen atoms in total. The number of aromatic nitrogens is 2. The highest BCUT2D eigenvalue weighted by Crippen LogP contribution is 2.29. The van der Waals surface area contributed by atoms with Crippen LogP contribution >= 0.6 is 0 Å². The van der Waals surface area contributed by atoms with Gasteiger partial charge in [0.2, 0.25) is 10.0 Å². The fourth-order valence-electron chi connectivity index (χ4n) is 2.80. The average Bonchev–Trinajstić information content (AvgIpc) is 3.05. The summed E-state index contributed by atoms with van der Waals surface area (Å²) in [7, 11) is -3.62. The second-order valence-electron chi connectivity index (χ2n) is 6.74. The lowest BCUT2D eigenvalue weighted by Gasteiger charge is -2.07. The molecule has 10 heteroatoms. The number of nitrogen functional groups attached to an aromatic ring is 1. The summed E-state index contributed by atoms with van der Waals surface area (Å²) in [6.07, 6.45) is 0. The van der Waals surface area contributed by atoms with E-state index >= 15 is 0 Å². The molecule has 0 spiro atoms. The molecule has 0 saturated heterocycles. The Hall–Kier alpha value is -3.63. The number of primary amides is 1. The van der Waals surface area contributed by atoms with Crippen LogP contribution in [0.25, 0.3) is 11.3 Å². The molecular formula is C21H23N5O4S. The molecule has 0 saturated carbocycles. The smallest absolute Gasteiger partial charge is 0.254 e. The van der Waals surface area contributed by atoms with E-state index in [0.29, 0.717) is 22.8 Å². The second kappa shape index (κ2) is 9.02. The number of carbonyl (C=O) groups excluding carboxylic acids is 1. The number of nitrogens with two attached hydrogens (primary N) is 2. The molecular weight excluding hydrogens is 418 g/mol. The van der Waals surface area contributed by atoms with E-state index in [4.69, 9.17) is 16.2 Å². The number of amides is 1. The number of nitrogens with one attached hydrogen (secondary N) is 1. The van der Waals surface area contributed by atoms with Gasteiger partial charge in [-0.3, -0.25) is 4.79 Å². The molecule has 162 valence electrons. The largest absolute Gasteiger partial charge is 0.457 e. The summed E-state index contributed by atoms with van der Waals surface area (Å²) in [5.41, 5.74) is 12.6. The minimum Gasteiger partial charge on any atom is -0.457 e. The number of rotatable bonds is 9. The first-order chi connectivity index (χ1) is 14.7. The molecule has 0 aliphatic heterocycles. The van der Waals surface area contributed by atoms with E-state index in [-0.39, 0.29) is 29.4 Å². The highest BCUT2D eigenvalue weighted by atomic mass is 32.2. The highest BCUT2D eigenvalue weighted by molar-refractivity contribution is 7.93. The van der Waals surface area contributed by atoms with Crippen molar-refractivity contribution in [2.45, 2.75) is 13.5 Å². The highest BCUT2D eigenvalue weighted by Gasteiger charge is 2.22. The van der Waals surface area contributed by atoms with Gasteiger partial charge in [-0.05, 0) is 43.3 Å². The Kier molecular flexibility index (Phi) is 6.42.